The average molecular weight is 377 g/mol. The minimum atomic E-state index is 0. The number of hydrogen-bond donors (Lipinski definition) is 0. The molecule has 2 rings (SSSR count). The fourth-order valence-corrected chi connectivity index (χ4v) is 2.55. The van der Waals surface area contributed by atoms with Gasteiger partial charge in [0.1, 0.15) is 0 Å². The second-order valence-corrected chi connectivity index (χ2v) is 7.96. The molecule has 0 amide bonds. The van der Waals surface area contributed by atoms with E-state index in [0.29, 0.717) is 23.7 Å². The summed E-state index contributed by atoms with van der Waals surface area (Å²) in [5, 5.41) is 0. The largest absolute Gasteiger partial charge is 0.0617 e. The number of rotatable bonds is 4. The third-order valence-corrected chi connectivity index (χ3v) is 4.49. The van der Waals surface area contributed by atoms with Crippen LogP contribution in [-0.4, -0.2) is 0 Å². The van der Waals surface area contributed by atoms with E-state index in [1.165, 1.54) is 22.3 Å². The Labute approximate surface area is 167 Å². The van der Waals surface area contributed by atoms with Crippen molar-refractivity contribution in [2.45, 2.75) is 79.1 Å². The van der Waals surface area contributed by atoms with Gasteiger partial charge in [-0.25, -0.2) is 0 Å². The van der Waals surface area contributed by atoms with Gasteiger partial charge in [0, 0.05) is 17.4 Å². The standard InChI is InChI=1S/2C12H18.Cr/c2*1-9(2)11-6-5-7-12(8-11)10(3)4;/h2*5-10H,1-4H3;. The van der Waals surface area contributed by atoms with Gasteiger partial charge in [-0.15, -0.1) is 0 Å². The Balaban J connectivity index is 0.000000443. The summed E-state index contributed by atoms with van der Waals surface area (Å²) < 4.78 is 0. The molecule has 0 N–H and O–H groups in total. The van der Waals surface area contributed by atoms with Gasteiger partial charge in [-0.2, -0.15) is 0 Å². The van der Waals surface area contributed by atoms with Crippen LogP contribution in [0.1, 0.15) is 101 Å². The van der Waals surface area contributed by atoms with Crippen LogP contribution in [0.3, 0.4) is 0 Å². The van der Waals surface area contributed by atoms with Crippen LogP contribution in [0.5, 0.6) is 0 Å². The van der Waals surface area contributed by atoms with Gasteiger partial charge in [0.15, 0.2) is 0 Å². The van der Waals surface area contributed by atoms with E-state index in [2.05, 4.69) is 104 Å². The summed E-state index contributed by atoms with van der Waals surface area (Å²) in [6.07, 6.45) is 0. The Morgan fingerprint density at radius 3 is 0.800 bits per heavy atom. The minimum Gasteiger partial charge on any atom is -0.0617 e. The summed E-state index contributed by atoms with van der Waals surface area (Å²) in [5.74, 6) is 2.57. The van der Waals surface area contributed by atoms with Crippen LogP contribution in [0.4, 0.5) is 0 Å². The molecule has 138 valence electrons. The zero-order valence-electron chi connectivity index (χ0n) is 17.3. The van der Waals surface area contributed by atoms with Crippen LogP contribution in [0.2, 0.25) is 0 Å². The minimum absolute atomic E-state index is 0. The molecular weight excluding hydrogens is 340 g/mol. The van der Waals surface area contributed by atoms with Gasteiger partial charge in [-0.05, 0) is 45.9 Å². The first-order valence-electron chi connectivity index (χ1n) is 9.42. The van der Waals surface area contributed by atoms with Crippen LogP contribution < -0.4 is 0 Å². The summed E-state index contributed by atoms with van der Waals surface area (Å²) in [4.78, 5) is 0. The predicted molar refractivity (Wildman–Crippen MR) is 109 cm³/mol. The summed E-state index contributed by atoms with van der Waals surface area (Å²) in [7, 11) is 0. The van der Waals surface area contributed by atoms with Crippen molar-refractivity contribution in [1.82, 2.24) is 0 Å². The van der Waals surface area contributed by atoms with Gasteiger partial charge in [0.25, 0.3) is 0 Å². The Morgan fingerprint density at radius 1 is 0.440 bits per heavy atom. The van der Waals surface area contributed by atoms with E-state index in [1.54, 1.807) is 0 Å². The molecule has 0 saturated carbocycles. The second-order valence-electron chi connectivity index (χ2n) is 7.96. The fourth-order valence-electron chi connectivity index (χ4n) is 2.55. The molecule has 0 saturated heterocycles. The molecule has 0 nitrogen and oxygen atoms in total. The van der Waals surface area contributed by atoms with E-state index in [0.717, 1.165) is 0 Å². The first-order valence-corrected chi connectivity index (χ1v) is 9.42. The first-order chi connectivity index (χ1) is 11.2. The van der Waals surface area contributed by atoms with Crippen LogP contribution >= 0.6 is 0 Å². The molecule has 1 heteroatoms. The van der Waals surface area contributed by atoms with E-state index in [-0.39, 0.29) is 17.4 Å². The van der Waals surface area contributed by atoms with Crippen LogP contribution in [0, 0.1) is 0 Å². The molecule has 0 fully saturated rings. The van der Waals surface area contributed by atoms with Crippen LogP contribution in [-0.2, 0) is 17.4 Å². The third kappa shape index (κ3) is 8.26. The molecule has 2 aromatic rings. The summed E-state index contributed by atoms with van der Waals surface area (Å²) in [6, 6.07) is 17.8. The van der Waals surface area contributed by atoms with Crippen molar-refractivity contribution < 1.29 is 17.4 Å². The normalized spacial score (nSPS) is 10.7. The van der Waals surface area contributed by atoms with Crippen LogP contribution in [0.15, 0.2) is 48.5 Å². The topological polar surface area (TPSA) is 0 Å². The monoisotopic (exact) mass is 376 g/mol. The zero-order chi connectivity index (χ0) is 18.3. The van der Waals surface area contributed by atoms with Crippen molar-refractivity contribution in [3.05, 3.63) is 70.8 Å². The van der Waals surface area contributed by atoms with E-state index in [4.69, 9.17) is 0 Å². The van der Waals surface area contributed by atoms with Crippen LogP contribution in [0.25, 0.3) is 0 Å². The van der Waals surface area contributed by atoms with E-state index >= 15 is 0 Å². The molecule has 0 heterocycles. The van der Waals surface area contributed by atoms with Gasteiger partial charge >= 0.3 is 0 Å². The van der Waals surface area contributed by atoms with Gasteiger partial charge in [-0.1, -0.05) is 104 Å². The maximum Gasteiger partial charge on any atom is 0 e. The van der Waals surface area contributed by atoms with Gasteiger partial charge in [0.2, 0.25) is 0 Å². The molecule has 2 aromatic carbocycles. The maximum absolute atomic E-state index is 2.31. The Morgan fingerprint density at radius 2 is 0.640 bits per heavy atom. The molecule has 0 spiro atoms. The quantitative estimate of drug-likeness (QED) is 0.509. The number of hydrogen-bond acceptors (Lipinski definition) is 0. The molecule has 0 radical (unpaired) electrons. The first kappa shape index (κ1) is 24.0. The van der Waals surface area contributed by atoms with Crippen molar-refractivity contribution in [2.75, 3.05) is 0 Å². The summed E-state index contributed by atoms with van der Waals surface area (Å²) >= 11 is 0. The van der Waals surface area contributed by atoms with Crippen molar-refractivity contribution in [2.24, 2.45) is 0 Å². The van der Waals surface area contributed by atoms with Gasteiger partial charge < -0.3 is 0 Å². The van der Waals surface area contributed by atoms with Gasteiger partial charge in [0.05, 0.1) is 0 Å². The average Bonchev–Trinajstić information content (AvgIpc) is 2.55. The molecule has 0 bridgehead atoms. The van der Waals surface area contributed by atoms with E-state index in [9.17, 15) is 0 Å². The summed E-state index contributed by atoms with van der Waals surface area (Å²) in [5.41, 5.74) is 5.78. The molecular formula is C24H36Cr. The fraction of sp³-hybridized carbons (Fsp3) is 0.500. The smallest absolute Gasteiger partial charge is 0 e. The third-order valence-electron chi connectivity index (χ3n) is 4.49. The predicted octanol–water partition coefficient (Wildman–Crippen LogP) is 7.86. The van der Waals surface area contributed by atoms with E-state index < -0.39 is 0 Å². The zero-order valence-corrected chi connectivity index (χ0v) is 18.6. The van der Waals surface area contributed by atoms with E-state index in [1.807, 2.05) is 0 Å². The molecule has 0 unspecified atom stereocenters. The second kappa shape index (κ2) is 11.6. The Bertz CT molecular complexity index is 507. The Hall–Kier alpha value is -1.03. The maximum atomic E-state index is 2.31. The molecule has 0 aromatic heterocycles. The molecule has 0 aliphatic rings. The molecule has 0 aliphatic heterocycles. The number of benzene rings is 2. The van der Waals surface area contributed by atoms with Crippen molar-refractivity contribution in [1.29, 1.82) is 0 Å². The van der Waals surface area contributed by atoms with Crippen molar-refractivity contribution in [3.8, 4) is 0 Å². The molecule has 0 aliphatic carbocycles. The Kier molecular flexibility index (Phi) is 11.1. The summed E-state index contributed by atoms with van der Waals surface area (Å²) in [6.45, 7) is 17.9. The van der Waals surface area contributed by atoms with Gasteiger partial charge in [-0.3, -0.25) is 0 Å². The van der Waals surface area contributed by atoms with Crippen molar-refractivity contribution in [3.63, 3.8) is 0 Å². The molecule has 0 atom stereocenters. The molecule has 25 heavy (non-hydrogen) atoms. The van der Waals surface area contributed by atoms with Crippen molar-refractivity contribution >= 4 is 0 Å². The SMILES string of the molecule is CC(C)c1cccc(C(C)C)c1.CC(C)c1cccc(C(C)C)c1.[Cr].